The number of pyridine rings is 1. The van der Waals surface area contributed by atoms with E-state index in [0.717, 1.165) is 18.7 Å². The van der Waals surface area contributed by atoms with Gasteiger partial charge in [0.2, 0.25) is 0 Å². The van der Waals surface area contributed by atoms with Crippen molar-refractivity contribution >= 4 is 17.4 Å². The van der Waals surface area contributed by atoms with Gasteiger partial charge in [0.1, 0.15) is 5.82 Å². The molecule has 0 spiro atoms. The second-order valence-electron chi connectivity index (χ2n) is 4.22. The average molecular weight is 225 g/mol. The average Bonchev–Trinajstić information content (AvgIpc) is 2.24. The van der Waals surface area contributed by atoms with Crippen LogP contribution in [-0.4, -0.2) is 16.4 Å². The van der Waals surface area contributed by atoms with Gasteiger partial charge in [0.05, 0.1) is 5.38 Å². The summed E-state index contributed by atoms with van der Waals surface area (Å²) < 4.78 is 0. The number of halogens is 1. The van der Waals surface area contributed by atoms with Crippen LogP contribution in [0.3, 0.4) is 0 Å². The molecule has 1 aliphatic rings. The van der Waals surface area contributed by atoms with Crippen LogP contribution in [0.15, 0.2) is 18.3 Å². The number of rotatable bonds is 2. The van der Waals surface area contributed by atoms with Crippen molar-refractivity contribution in [1.82, 2.24) is 4.98 Å². The van der Waals surface area contributed by atoms with Gasteiger partial charge in [0.15, 0.2) is 0 Å². The standard InChI is InChI=1S/C12H17ClN2/c1-9-5-4-8-14-12(9)15-11-7-3-2-6-10(11)13/h4-5,8,10-11H,2-3,6-7H2,1H3,(H,14,15). The lowest BCUT2D eigenvalue weighted by atomic mass is 9.95. The summed E-state index contributed by atoms with van der Waals surface area (Å²) >= 11 is 6.29. The van der Waals surface area contributed by atoms with Crippen molar-refractivity contribution in [3.63, 3.8) is 0 Å². The van der Waals surface area contributed by atoms with Crippen molar-refractivity contribution in [2.45, 2.75) is 44.0 Å². The highest BCUT2D eigenvalue weighted by Crippen LogP contribution is 2.26. The van der Waals surface area contributed by atoms with Crippen LogP contribution in [-0.2, 0) is 0 Å². The molecule has 1 aromatic heterocycles. The first-order valence-corrected chi connectivity index (χ1v) is 6.03. The first kappa shape index (κ1) is 10.7. The van der Waals surface area contributed by atoms with Gasteiger partial charge in [0.25, 0.3) is 0 Å². The largest absolute Gasteiger partial charge is 0.366 e. The summed E-state index contributed by atoms with van der Waals surface area (Å²) in [5, 5.41) is 3.71. The minimum absolute atomic E-state index is 0.250. The predicted octanol–water partition coefficient (Wildman–Crippen LogP) is 3.35. The molecule has 0 radical (unpaired) electrons. The molecule has 2 rings (SSSR count). The molecular weight excluding hydrogens is 208 g/mol. The number of aromatic nitrogens is 1. The van der Waals surface area contributed by atoms with E-state index in [1.54, 1.807) is 0 Å². The molecule has 0 bridgehead atoms. The molecule has 2 nitrogen and oxygen atoms in total. The molecule has 2 unspecified atom stereocenters. The zero-order chi connectivity index (χ0) is 10.7. The van der Waals surface area contributed by atoms with Gasteiger partial charge in [-0.3, -0.25) is 0 Å². The quantitative estimate of drug-likeness (QED) is 0.780. The van der Waals surface area contributed by atoms with Gasteiger partial charge in [0, 0.05) is 12.2 Å². The predicted molar refractivity (Wildman–Crippen MR) is 64.5 cm³/mol. The maximum atomic E-state index is 6.29. The summed E-state index contributed by atoms with van der Waals surface area (Å²) in [5.74, 6) is 0.982. The Labute approximate surface area is 96.1 Å². The topological polar surface area (TPSA) is 24.9 Å². The van der Waals surface area contributed by atoms with Gasteiger partial charge >= 0.3 is 0 Å². The fraction of sp³-hybridized carbons (Fsp3) is 0.583. The van der Waals surface area contributed by atoms with Crippen molar-refractivity contribution < 1.29 is 0 Å². The third kappa shape index (κ3) is 2.63. The first-order valence-electron chi connectivity index (χ1n) is 5.59. The molecule has 1 aromatic rings. The van der Waals surface area contributed by atoms with Gasteiger partial charge in [-0.2, -0.15) is 0 Å². The van der Waals surface area contributed by atoms with Crippen LogP contribution in [0.1, 0.15) is 31.2 Å². The third-order valence-corrected chi connectivity index (χ3v) is 3.54. The Hall–Kier alpha value is -0.760. The summed E-state index contributed by atoms with van der Waals surface area (Å²) in [6, 6.07) is 4.41. The highest BCUT2D eigenvalue weighted by atomic mass is 35.5. The van der Waals surface area contributed by atoms with Crippen LogP contribution in [0, 0.1) is 6.92 Å². The molecule has 0 aliphatic heterocycles. The van der Waals surface area contributed by atoms with Crippen molar-refractivity contribution in [3.8, 4) is 0 Å². The normalized spacial score (nSPS) is 26.3. The number of nitrogens with zero attached hydrogens (tertiary/aromatic N) is 1. The molecule has 1 aliphatic carbocycles. The van der Waals surface area contributed by atoms with E-state index in [2.05, 4.69) is 23.3 Å². The first-order chi connectivity index (χ1) is 7.27. The second kappa shape index (κ2) is 4.84. The van der Waals surface area contributed by atoms with Crippen LogP contribution in [0.2, 0.25) is 0 Å². The summed E-state index contributed by atoms with van der Waals surface area (Å²) in [5.41, 5.74) is 1.19. The fourth-order valence-corrected chi connectivity index (χ4v) is 2.40. The maximum absolute atomic E-state index is 6.29. The van der Waals surface area contributed by atoms with E-state index in [-0.39, 0.29) is 5.38 Å². The molecule has 0 saturated heterocycles. The second-order valence-corrected chi connectivity index (χ2v) is 4.78. The molecule has 0 amide bonds. The van der Waals surface area contributed by atoms with E-state index >= 15 is 0 Å². The Morgan fingerprint density at radius 3 is 2.93 bits per heavy atom. The molecule has 1 heterocycles. The molecule has 15 heavy (non-hydrogen) atoms. The van der Waals surface area contributed by atoms with Crippen molar-refractivity contribution in [2.24, 2.45) is 0 Å². The lowest BCUT2D eigenvalue weighted by Crippen LogP contribution is -2.33. The monoisotopic (exact) mass is 224 g/mol. The lowest BCUT2D eigenvalue weighted by Gasteiger charge is -2.28. The van der Waals surface area contributed by atoms with E-state index < -0.39 is 0 Å². The van der Waals surface area contributed by atoms with E-state index in [1.807, 2.05) is 12.3 Å². The number of alkyl halides is 1. The Morgan fingerprint density at radius 2 is 2.20 bits per heavy atom. The number of hydrogen-bond acceptors (Lipinski definition) is 2. The molecule has 82 valence electrons. The summed E-state index contributed by atoms with van der Waals surface area (Å²) in [6.45, 7) is 2.07. The van der Waals surface area contributed by atoms with E-state index in [1.165, 1.54) is 18.4 Å². The number of hydrogen-bond donors (Lipinski definition) is 1. The Kier molecular flexibility index (Phi) is 3.47. The zero-order valence-corrected chi connectivity index (χ0v) is 9.80. The van der Waals surface area contributed by atoms with Crippen LogP contribution < -0.4 is 5.32 Å². The highest BCUT2D eigenvalue weighted by molar-refractivity contribution is 6.21. The number of anilines is 1. The molecule has 3 heteroatoms. The van der Waals surface area contributed by atoms with E-state index in [0.29, 0.717) is 6.04 Å². The Bertz CT molecular complexity index is 327. The lowest BCUT2D eigenvalue weighted by molar-refractivity contribution is 0.468. The SMILES string of the molecule is Cc1cccnc1NC1CCCCC1Cl. The van der Waals surface area contributed by atoms with Crippen LogP contribution >= 0.6 is 11.6 Å². The summed E-state index contributed by atoms with van der Waals surface area (Å²) in [7, 11) is 0. The van der Waals surface area contributed by atoms with Crippen LogP contribution in [0.25, 0.3) is 0 Å². The molecule has 0 aromatic carbocycles. The van der Waals surface area contributed by atoms with Gasteiger partial charge in [-0.25, -0.2) is 4.98 Å². The molecule has 1 fully saturated rings. The summed E-state index contributed by atoms with van der Waals surface area (Å²) in [4.78, 5) is 4.34. The summed E-state index contributed by atoms with van der Waals surface area (Å²) in [6.07, 6.45) is 6.62. The van der Waals surface area contributed by atoms with Crippen molar-refractivity contribution in [3.05, 3.63) is 23.9 Å². The maximum Gasteiger partial charge on any atom is 0.129 e. The fourth-order valence-electron chi connectivity index (χ4n) is 2.06. The Morgan fingerprint density at radius 1 is 1.40 bits per heavy atom. The van der Waals surface area contributed by atoms with Gasteiger partial charge in [-0.15, -0.1) is 11.6 Å². The van der Waals surface area contributed by atoms with Crippen LogP contribution in [0.4, 0.5) is 5.82 Å². The number of nitrogens with one attached hydrogen (secondary N) is 1. The van der Waals surface area contributed by atoms with Crippen LogP contribution in [0.5, 0.6) is 0 Å². The molecule has 1 saturated carbocycles. The highest BCUT2D eigenvalue weighted by Gasteiger charge is 2.23. The third-order valence-electron chi connectivity index (χ3n) is 3.01. The molecule has 1 N–H and O–H groups in total. The van der Waals surface area contributed by atoms with E-state index in [4.69, 9.17) is 11.6 Å². The van der Waals surface area contributed by atoms with Gasteiger partial charge < -0.3 is 5.32 Å². The van der Waals surface area contributed by atoms with Gasteiger partial charge in [-0.05, 0) is 31.4 Å². The molecule has 2 atom stereocenters. The zero-order valence-electron chi connectivity index (χ0n) is 9.04. The smallest absolute Gasteiger partial charge is 0.129 e. The minimum Gasteiger partial charge on any atom is -0.366 e. The number of aryl methyl sites for hydroxylation is 1. The van der Waals surface area contributed by atoms with Crippen molar-refractivity contribution in [1.29, 1.82) is 0 Å². The Balaban J connectivity index is 2.04. The minimum atomic E-state index is 0.250. The van der Waals surface area contributed by atoms with E-state index in [9.17, 15) is 0 Å². The van der Waals surface area contributed by atoms with Gasteiger partial charge in [-0.1, -0.05) is 18.9 Å². The molecular formula is C12H17ClN2. The van der Waals surface area contributed by atoms with Crippen molar-refractivity contribution in [2.75, 3.05) is 5.32 Å².